The second-order valence-corrected chi connectivity index (χ2v) is 8.01. The molecule has 0 bridgehead atoms. The van der Waals surface area contributed by atoms with Crippen LogP contribution in [-0.2, 0) is 11.3 Å². The number of carbonyl (C=O) groups is 2. The van der Waals surface area contributed by atoms with E-state index in [1.165, 1.54) is 12.1 Å². The topological polar surface area (TPSA) is 102 Å². The Morgan fingerprint density at radius 3 is 2.41 bits per heavy atom. The second-order valence-electron chi connectivity index (χ2n) is 8.01. The van der Waals surface area contributed by atoms with E-state index in [4.69, 9.17) is 5.73 Å². The van der Waals surface area contributed by atoms with E-state index >= 15 is 0 Å². The molecule has 4 N–H and O–H groups in total. The summed E-state index contributed by atoms with van der Waals surface area (Å²) in [6, 6.07) is 7.09. The normalized spacial score (nSPS) is 21.7. The van der Waals surface area contributed by atoms with E-state index in [1.54, 1.807) is 23.0 Å². The summed E-state index contributed by atoms with van der Waals surface area (Å²) in [5.41, 5.74) is 6.79. The molecule has 1 aromatic heterocycles. The standard InChI is InChI=1S/C21H26FN5O2/c22-15-5-1-13(2-6-15)11-24-16-7-9-17(10-8-16)27-12-18(19(23)28)20(26-27)25-21(29)14-3-4-14/h1-2,5-6,12,14,16-17,24H,3-4,7-11H2,(H2,23,28)(H,25,26,29)/t16-,17+. The van der Waals surface area contributed by atoms with Crippen molar-refractivity contribution in [2.45, 2.75) is 57.2 Å². The van der Waals surface area contributed by atoms with Crippen molar-refractivity contribution in [2.75, 3.05) is 5.32 Å². The van der Waals surface area contributed by atoms with E-state index < -0.39 is 5.91 Å². The molecule has 0 atom stereocenters. The number of amides is 2. The molecule has 2 amide bonds. The highest BCUT2D eigenvalue weighted by Crippen LogP contribution is 2.32. The van der Waals surface area contributed by atoms with Crippen molar-refractivity contribution in [2.24, 2.45) is 11.7 Å². The Kier molecular flexibility index (Phi) is 5.62. The van der Waals surface area contributed by atoms with E-state index in [1.807, 2.05) is 0 Å². The van der Waals surface area contributed by atoms with E-state index in [2.05, 4.69) is 15.7 Å². The highest BCUT2D eigenvalue weighted by atomic mass is 19.1. The van der Waals surface area contributed by atoms with Crippen LogP contribution in [0.15, 0.2) is 30.5 Å². The smallest absolute Gasteiger partial charge is 0.254 e. The fourth-order valence-electron chi connectivity index (χ4n) is 3.82. The Labute approximate surface area is 168 Å². The molecule has 29 heavy (non-hydrogen) atoms. The molecule has 1 aromatic carbocycles. The van der Waals surface area contributed by atoms with Gasteiger partial charge in [-0.25, -0.2) is 4.39 Å². The zero-order chi connectivity index (χ0) is 20.4. The predicted molar refractivity (Wildman–Crippen MR) is 107 cm³/mol. The summed E-state index contributed by atoms with van der Waals surface area (Å²) in [6.45, 7) is 0.709. The number of benzene rings is 1. The lowest BCUT2D eigenvalue weighted by atomic mass is 9.91. The number of primary amides is 1. The van der Waals surface area contributed by atoms with Crippen LogP contribution in [-0.4, -0.2) is 27.6 Å². The van der Waals surface area contributed by atoms with Crippen LogP contribution in [0.3, 0.4) is 0 Å². The first-order valence-electron chi connectivity index (χ1n) is 10.2. The lowest BCUT2D eigenvalue weighted by Crippen LogP contribution is -2.33. The molecular weight excluding hydrogens is 373 g/mol. The average molecular weight is 399 g/mol. The lowest BCUT2D eigenvalue weighted by Gasteiger charge is -2.29. The van der Waals surface area contributed by atoms with Gasteiger partial charge in [0.25, 0.3) is 5.91 Å². The van der Waals surface area contributed by atoms with E-state index in [0.717, 1.165) is 44.1 Å². The molecule has 154 valence electrons. The third kappa shape index (κ3) is 4.82. The maximum absolute atomic E-state index is 13.0. The Morgan fingerprint density at radius 1 is 1.10 bits per heavy atom. The summed E-state index contributed by atoms with van der Waals surface area (Å²) in [4.78, 5) is 23.8. The van der Waals surface area contributed by atoms with Gasteiger partial charge >= 0.3 is 0 Å². The number of nitrogens with zero attached hydrogens (tertiary/aromatic N) is 2. The van der Waals surface area contributed by atoms with Gasteiger partial charge in [0.2, 0.25) is 5.91 Å². The molecule has 2 fully saturated rings. The van der Waals surface area contributed by atoms with Crippen molar-refractivity contribution in [1.29, 1.82) is 0 Å². The van der Waals surface area contributed by atoms with Gasteiger partial charge in [0, 0.05) is 24.7 Å². The minimum absolute atomic E-state index is 0.0310. The van der Waals surface area contributed by atoms with Gasteiger partial charge in [-0.3, -0.25) is 14.3 Å². The number of hydrogen-bond acceptors (Lipinski definition) is 4. The summed E-state index contributed by atoms with van der Waals surface area (Å²) in [5, 5.41) is 10.7. The van der Waals surface area contributed by atoms with Gasteiger partial charge in [0.1, 0.15) is 11.4 Å². The minimum atomic E-state index is -0.586. The Hall–Kier alpha value is -2.74. The Bertz CT molecular complexity index is 883. The van der Waals surface area contributed by atoms with Crippen LogP contribution in [0.2, 0.25) is 0 Å². The third-order valence-electron chi connectivity index (χ3n) is 5.77. The number of nitrogens with two attached hydrogens (primary N) is 1. The molecule has 1 heterocycles. The summed E-state index contributed by atoms with van der Waals surface area (Å²) in [6.07, 6.45) is 7.19. The van der Waals surface area contributed by atoms with Crippen LogP contribution >= 0.6 is 0 Å². The summed E-state index contributed by atoms with van der Waals surface area (Å²) >= 11 is 0. The molecule has 0 spiro atoms. The number of rotatable bonds is 7. The number of anilines is 1. The number of nitrogens with one attached hydrogen (secondary N) is 2. The summed E-state index contributed by atoms with van der Waals surface area (Å²) in [5.74, 6) is -0.602. The van der Waals surface area contributed by atoms with Crippen LogP contribution < -0.4 is 16.4 Å². The molecule has 2 aromatic rings. The maximum atomic E-state index is 13.0. The summed E-state index contributed by atoms with van der Waals surface area (Å²) in [7, 11) is 0. The van der Waals surface area contributed by atoms with Crippen LogP contribution in [0.25, 0.3) is 0 Å². The van der Waals surface area contributed by atoms with Crippen molar-refractivity contribution < 1.29 is 14.0 Å². The molecular formula is C21H26FN5O2. The zero-order valence-corrected chi connectivity index (χ0v) is 16.2. The van der Waals surface area contributed by atoms with E-state index in [0.29, 0.717) is 12.6 Å². The van der Waals surface area contributed by atoms with E-state index in [-0.39, 0.29) is 35.1 Å². The predicted octanol–water partition coefficient (Wildman–Crippen LogP) is 2.74. The Balaban J connectivity index is 1.33. The first-order chi connectivity index (χ1) is 14.0. The lowest BCUT2D eigenvalue weighted by molar-refractivity contribution is -0.117. The molecule has 7 nitrogen and oxygen atoms in total. The largest absolute Gasteiger partial charge is 0.365 e. The monoisotopic (exact) mass is 399 g/mol. The number of carbonyl (C=O) groups excluding carboxylic acids is 2. The molecule has 0 saturated heterocycles. The van der Waals surface area contributed by atoms with Gasteiger partial charge in [-0.2, -0.15) is 5.10 Å². The quantitative estimate of drug-likeness (QED) is 0.666. The zero-order valence-electron chi connectivity index (χ0n) is 16.2. The van der Waals surface area contributed by atoms with Crippen molar-refractivity contribution in [1.82, 2.24) is 15.1 Å². The molecule has 2 saturated carbocycles. The van der Waals surface area contributed by atoms with Gasteiger partial charge in [0.15, 0.2) is 5.82 Å². The first-order valence-corrected chi connectivity index (χ1v) is 10.2. The SMILES string of the molecule is NC(=O)c1cn([C@H]2CC[C@@H](NCc3ccc(F)cc3)CC2)nc1NC(=O)C1CC1. The average Bonchev–Trinajstić information content (AvgIpc) is 3.48. The van der Waals surface area contributed by atoms with Crippen molar-refractivity contribution in [3.8, 4) is 0 Å². The third-order valence-corrected chi connectivity index (χ3v) is 5.77. The fraction of sp³-hybridized carbons (Fsp3) is 0.476. The van der Waals surface area contributed by atoms with Gasteiger partial charge in [-0.15, -0.1) is 0 Å². The number of aromatic nitrogens is 2. The molecule has 2 aliphatic rings. The minimum Gasteiger partial charge on any atom is -0.365 e. The van der Waals surface area contributed by atoms with Gasteiger partial charge in [-0.1, -0.05) is 12.1 Å². The molecule has 0 unspecified atom stereocenters. The second kappa shape index (κ2) is 8.32. The summed E-state index contributed by atoms with van der Waals surface area (Å²) < 4.78 is 14.8. The maximum Gasteiger partial charge on any atom is 0.254 e. The van der Waals surface area contributed by atoms with Crippen LogP contribution in [0.5, 0.6) is 0 Å². The van der Waals surface area contributed by atoms with Crippen LogP contribution in [0.1, 0.15) is 60.5 Å². The Morgan fingerprint density at radius 2 is 1.79 bits per heavy atom. The van der Waals surface area contributed by atoms with E-state index in [9.17, 15) is 14.0 Å². The molecule has 0 radical (unpaired) electrons. The van der Waals surface area contributed by atoms with Gasteiger partial charge in [-0.05, 0) is 56.2 Å². The number of hydrogen-bond donors (Lipinski definition) is 3. The van der Waals surface area contributed by atoms with Gasteiger partial charge < -0.3 is 16.4 Å². The van der Waals surface area contributed by atoms with Crippen molar-refractivity contribution >= 4 is 17.6 Å². The number of halogens is 1. The molecule has 2 aliphatic carbocycles. The first kappa shape index (κ1) is 19.6. The van der Waals surface area contributed by atoms with Crippen molar-refractivity contribution in [3.63, 3.8) is 0 Å². The molecule has 8 heteroatoms. The molecule has 0 aliphatic heterocycles. The highest BCUT2D eigenvalue weighted by molar-refractivity contribution is 6.02. The molecule has 4 rings (SSSR count). The van der Waals surface area contributed by atoms with Gasteiger partial charge in [0.05, 0.1) is 6.04 Å². The fourth-order valence-corrected chi connectivity index (χ4v) is 3.82. The van der Waals surface area contributed by atoms with Crippen LogP contribution in [0.4, 0.5) is 10.2 Å². The highest BCUT2D eigenvalue weighted by Gasteiger charge is 2.31. The van der Waals surface area contributed by atoms with Crippen LogP contribution in [0, 0.1) is 11.7 Å². The van der Waals surface area contributed by atoms with Crippen molar-refractivity contribution in [3.05, 3.63) is 47.4 Å².